The molecule has 158 valence electrons. The van der Waals surface area contributed by atoms with Crippen LogP contribution in [0.25, 0.3) is 22.2 Å². The molecule has 7 nitrogen and oxygen atoms in total. The number of hydrogen-bond acceptors (Lipinski definition) is 7. The summed E-state index contributed by atoms with van der Waals surface area (Å²) < 4.78 is 0. The molecule has 0 bridgehead atoms. The monoisotopic (exact) mass is 407 g/mol. The van der Waals surface area contributed by atoms with Crippen LogP contribution in [0.15, 0.2) is 36.5 Å². The highest BCUT2D eigenvalue weighted by molar-refractivity contribution is 5.96. The van der Waals surface area contributed by atoms with Gasteiger partial charge < -0.3 is 20.4 Å². The molecule has 1 aromatic carbocycles. The number of piperidine rings is 1. The zero-order valence-corrected chi connectivity index (χ0v) is 18.1. The molecular formula is C23H29N5O2. The van der Waals surface area contributed by atoms with Gasteiger partial charge >= 0.3 is 0 Å². The van der Waals surface area contributed by atoms with E-state index in [1.807, 2.05) is 12.1 Å². The average molecular weight is 408 g/mol. The molecule has 7 heteroatoms. The van der Waals surface area contributed by atoms with Crippen molar-refractivity contribution in [2.45, 2.75) is 57.7 Å². The van der Waals surface area contributed by atoms with E-state index in [-0.39, 0.29) is 22.6 Å². The highest BCUT2D eigenvalue weighted by atomic mass is 16.3. The van der Waals surface area contributed by atoms with E-state index >= 15 is 0 Å². The predicted octanol–water partition coefficient (Wildman–Crippen LogP) is 3.85. The summed E-state index contributed by atoms with van der Waals surface area (Å²) in [5, 5.41) is 33.4. The highest BCUT2D eigenvalue weighted by Gasteiger charge is 2.39. The molecule has 0 atom stereocenters. The second kappa shape index (κ2) is 7.09. The van der Waals surface area contributed by atoms with Crippen molar-refractivity contribution in [3.05, 3.63) is 36.5 Å². The van der Waals surface area contributed by atoms with Crippen molar-refractivity contribution in [1.29, 1.82) is 0 Å². The molecule has 0 spiro atoms. The van der Waals surface area contributed by atoms with Crippen LogP contribution in [-0.4, -0.2) is 49.6 Å². The summed E-state index contributed by atoms with van der Waals surface area (Å²) in [5.74, 6) is 0.954. The number of phenolic OH excluding ortho intramolecular Hbond substituents is 1. The van der Waals surface area contributed by atoms with Crippen molar-refractivity contribution in [2.24, 2.45) is 0 Å². The van der Waals surface area contributed by atoms with Gasteiger partial charge in [0.05, 0.1) is 23.0 Å². The molecule has 2 aromatic heterocycles. The Balaban J connectivity index is 1.65. The fourth-order valence-corrected chi connectivity index (χ4v) is 4.81. The standard InChI is InChI=1S/C23H29N5O2/c1-22(2)11-15(12-23(3,4)27-22)28(5)19-9-7-17(25-26-19)20-18(30)8-6-14-10-16(29)13-24-21(14)20/h6-10,13,15,27,29-30H,11-12H2,1-5H3. The minimum absolute atomic E-state index is 0.0417. The first-order valence-electron chi connectivity index (χ1n) is 10.2. The van der Waals surface area contributed by atoms with Crippen molar-refractivity contribution in [1.82, 2.24) is 20.5 Å². The number of pyridine rings is 1. The van der Waals surface area contributed by atoms with Crippen LogP contribution in [0.5, 0.6) is 11.5 Å². The Labute approximate surface area is 176 Å². The zero-order valence-electron chi connectivity index (χ0n) is 18.1. The lowest BCUT2D eigenvalue weighted by atomic mass is 9.79. The van der Waals surface area contributed by atoms with Crippen LogP contribution < -0.4 is 10.2 Å². The van der Waals surface area contributed by atoms with Gasteiger partial charge in [0.25, 0.3) is 0 Å². The number of anilines is 1. The van der Waals surface area contributed by atoms with Crippen LogP contribution in [0, 0.1) is 0 Å². The van der Waals surface area contributed by atoms with Gasteiger partial charge in [-0.2, -0.15) is 0 Å². The van der Waals surface area contributed by atoms with Crippen molar-refractivity contribution in [3.63, 3.8) is 0 Å². The van der Waals surface area contributed by atoms with Crippen molar-refractivity contribution in [3.8, 4) is 22.8 Å². The molecule has 4 rings (SSSR count). The maximum Gasteiger partial charge on any atom is 0.151 e. The Morgan fingerprint density at radius 2 is 1.70 bits per heavy atom. The van der Waals surface area contributed by atoms with Crippen LogP contribution in [0.1, 0.15) is 40.5 Å². The van der Waals surface area contributed by atoms with E-state index in [2.05, 4.69) is 60.1 Å². The lowest BCUT2D eigenvalue weighted by Crippen LogP contribution is -2.62. The molecular weight excluding hydrogens is 378 g/mol. The summed E-state index contributed by atoms with van der Waals surface area (Å²) in [6.45, 7) is 8.93. The van der Waals surface area contributed by atoms with Gasteiger partial charge in [0.15, 0.2) is 5.82 Å². The molecule has 30 heavy (non-hydrogen) atoms. The molecule has 3 aromatic rings. The summed E-state index contributed by atoms with van der Waals surface area (Å²) in [6, 6.07) is 9.05. The fourth-order valence-electron chi connectivity index (χ4n) is 4.81. The second-order valence-corrected chi connectivity index (χ2v) is 9.57. The van der Waals surface area contributed by atoms with E-state index in [0.29, 0.717) is 22.8 Å². The quantitative estimate of drug-likeness (QED) is 0.607. The van der Waals surface area contributed by atoms with Gasteiger partial charge in [-0.15, -0.1) is 10.2 Å². The predicted molar refractivity (Wildman–Crippen MR) is 119 cm³/mol. The Bertz CT molecular complexity index is 1060. The summed E-state index contributed by atoms with van der Waals surface area (Å²) in [7, 11) is 2.06. The smallest absolute Gasteiger partial charge is 0.151 e. The van der Waals surface area contributed by atoms with Crippen LogP contribution in [0.4, 0.5) is 5.82 Å². The number of rotatable bonds is 3. The van der Waals surface area contributed by atoms with E-state index in [1.54, 1.807) is 18.2 Å². The summed E-state index contributed by atoms with van der Waals surface area (Å²) in [6.07, 6.45) is 3.38. The SMILES string of the molecule is CN(c1ccc(-c2c(O)ccc3cc(O)cnc23)nn1)C1CC(C)(C)NC(C)(C)C1. The molecule has 0 aliphatic carbocycles. The van der Waals surface area contributed by atoms with E-state index in [9.17, 15) is 10.2 Å². The molecule has 0 amide bonds. The number of aromatic hydroxyl groups is 2. The molecule has 3 N–H and O–H groups in total. The first-order valence-corrected chi connectivity index (χ1v) is 10.2. The van der Waals surface area contributed by atoms with Gasteiger partial charge in [-0.25, -0.2) is 0 Å². The minimum Gasteiger partial charge on any atom is -0.507 e. The highest BCUT2D eigenvalue weighted by Crippen LogP contribution is 2.36. The van der Waals surface area contributed by atoms with E-state index in [0.717, 1.165) is 24.0 Å². The van der Waals surface area contributed by atoms with Gasteiger partial charge in [0.1, 0.15) is 11.5 Å². The van der Waals surface area contributed by atoms with Crippen molar-refractivity contribution < 1.29 is 10.2 Å². The third kappa shape index (κ3) is 3.89. The van der Waals surface area contributed by atoms with Gasteiger partial charge in [0.2, 0.25) is 0 Å². The van der Waals surface area contributed by atoms with E-state index in [1.165, 1.54) is 6.20 Å². The third-order valence-electron chi connectivity index (χ3n) is 5.80. The minimum atomic E-state index is 0.0417. The number of nitrogens with one attached hydrogen (secondary N) is 1. The molecule has 1 saturated heterocycles. The third-order valence-corrected chi connectivity index (χ3v) is 5.80. The Morgan fingerprint density at radius 1 is 1.00 bits per heavy atom. The first kappa shape index (κ1) is 20.3. The summed E-state index contributed by atoms with van der Waals surface area (Å²) >= 11 is 0. The van der Waals surface area contributed by atoms with Crippen LogP contribution in [0.2, 0.25) is 0 Å². The molecule has 1 fully saturated rings. The second-order valence-electron chi connectivity index (χ2n) is 9.57. The van der Waals surface area contributed by atoms with E-state index in [4.69, 9.17) is 0 Å². The van der Waals surface area contributed by atoms with Crippen molar-refractivity contribution >= 4 is 16.7 Å². The maximum atomic E-state index is 10.4. The lowest BCUT2D eigenvalue weighted by molar-refractivity contribution is 0.160. The molecule has 0 saturated carbocycles. The number of hydrogen-bond donors (Lipinski definition) is 3. The topological polar surface area (TPSA) is 94.4 Å². The number of nitrogens with zero attached hydrogens (tertiary/aromatic N) is 4. The Hall–Kier alpha value is -2.93. The van der Waals surface area contributed by atoms with Gasteiger partial charge in [-0.3, -0.25) is 4.98 Å². The summed E-state index contributed by atoms with van der Waals surface area (Å²) in [5.41, 5.74) is 1.71. The number of fused-ring (bicyclic) bond motifs is 1. The first-order chi connectivity index (χ1) is 14.0. The molecule has 1 aliphatic rings. The average Bonchev–Trinajstić information content (AvgIpc) is 2.65. The van der Waals surface area contributed by atoms with Crippen molar-refractivity contribution in [2.75, 3.05) is 11.9 Å². The maximum absolute atomic E-state index is 10.4. The van der Waals surface area contributed by atoms with Crippen LogP contribution in [0.3, 0.4) is 0 Å². The lowest BCUT2D eigenvalue weighted by Gasteiger charge is -2.49. The molecule has 1 aliphatic heterocycles. The van der Waals surface area contributed by atoms with E-state index < -0.39 is 0 Å². The number of benzene rings is 1. The number of aromatic nitrogens is 3. The normalized spacial score (nSPS) is 18.4. The van der Waals surface area contributed by atoms with Crippen LogP contribution >= 0.6 is 0 Å². The molecule has 3 heterocycles. The van der Waals surface area contributed by atoms with Gasteiger partial charge in [-0.1, -0.05) is 0 Å². The Kier molecular flexibility index (Phi) is 4.81. The molecule has 0 unspecified atom stereocenters. The van der Waals surface area contributed by atoms with Gasteiger partial charge in [-0.05, 0) is 70.9 Å². The Morgan fingerprint density at radius 3 is 2.33 bits per heavy atom. The largest absolute Gasteiger partial charge is 0.507 e. The van der Waals surface area contributed by atoms with Gasteiger partial charge in [0, 0.05) is 29.6 Å². The fraction of sp³-hybridized carbons (Fsp3) is 0.435. The number of phenols is 1. The summed E-state index contributed by atoms with van der Waals surface area (Å²) in [4.78, 5) is 6.48. The zero-order chi connectivity index (χ0) is 21.7. The molecule has 0 radical (unpaired) electrons. The van der Waals surface area contributed by atoms with Crippen LogP contribution in [-0.2, 0) is 0 Å².